The molecule has 4 aliphatic rings. The maximum Gasteiger partial charge on any atom is 0.339 e. The van der Waals surface area contributed by atoms with Gasteiger partial charge >= 0.3 is 5.63 Å². The molecular weight excluding hydrogens is 468 g/mol. The summed E-state index contributed by atoms with van der Waals surface area (Å²) in [5.41, 5.74) is 2.75. The van der Waals surface area contributed by atoms with Crippen molar-refractivity contribution in [2.75, 3.05) is 26.2 Å². The van der Waals surface area contributed by atoms with Crippen LogP contribution in [0.2, 0.25) is 0 Å². The fourth-order valence-corrected chi connectivity index (χ4v) is 7.08. The van der Waals surface area contributed by atoms with Gasteiger partial charge in [-0.3, -0.25) is 4.79 Å². The first-order valence-corrected chi connectivity index (χ1v) is 14.4. The summed E-state index contributed by atoms with van der Waals surface area (Å²) in [6, 6.07) is 2.52. The lowest BCUT2D eigenvalue weighted by Crippen LogP contribution is -2.51. The molecule has 0 radical (unpaired) electrons. The first-order valence-electron chi connectivity index (χ1n) is 14.4. The Kier molecular flexibility index (Phi) is 6.68. The molecule has 0 unspecified atom stereocenters. The molecular formula is C30H40N2O5. The summed E-state index contributed by atoms with van der Waals surface area (Å²) < 4.78 is 18.4. The quantitative estimate of drug-likeness (QED) is 0.598. The number of benzene rings is 1. The second-order valence-corrected chi connectivity index (χ2v) is 12.1. The van der Waals surface area contributed by atoms with Gasteiger partial charge in [-0.1, -0.05) is 6.42 Å². The molecule has 1 aromatic heterocycles. The van der Waals surface area contributed by atoms with Gasteiger partial charge in [0.2, 0.25) is 0 Å². The average Bonchev–Trinajstić information content (AvgIpc) is 2.90. The van der Waals surface area contributed by atoms with E-state index in [1.807, 2.05) is 6.07 Å². The summed E-state index contributed by atoms with van der Waals surface area (Å²) in [4.78, 5) is 28.4. The van der Waals surface area contributed by atoms with E-state index in [0.29, 0.717) is 35.6 Å². The zero-order valence-corrected chi connectivity index (χ0v) is 22.3. The highest BCUT2D eigenvalue weighted by molar-refractivity contribution is 5.92. The Balaban J connectivity index is 1.24. The second kappa shape index (κ2) is 9.97. The molecule has 2 fully saturated rings. The number of carbonyl (C=O) groups excluding carboxylic acids is 1. The van der Waals surface area contributed by atoms with E-state index < -0.39 is 0 Å². The predicted molar refractivity (Wildman–Crippen MR) is 143 cm³/mol. The van der Waals surface area contributed by atoms with Gasteiger partial charge in [0.05, 0.1) is 5.39 Å². The normalized spacial score (nSPS) is 24.9. The number of amides is 1. The van der Waals surface area contributed by atoms with Gasteiger partial charge in [-0.15, -0.1) is 0 Å². The third kappa shape index (κ3) is 4.87. The van der Waals surface area contributed by atoms with Gasteiger partial charge < -0.3 is 24.1 Å². The van der Waals surface area contributed by atoms with Crippen LogP contribution in [0.5, 0.6) is 11.5 Å². The Labute approximate surface area is 218 Å². The molecule has 6 rings (SSSR count). The highest BCUT2D eigenvalue weighted by Gasteiger charge is 2.34. The van der Waals surface area contributed by atoms with Crippen molar-refractivity contribution in [1.29, 1.82) is 0 Å². The van der Waals surface area contributed by atoms with E-state index in [4.69, 9.17) is 13.9 Å². The topological polar surface area (TPSA) is 81.0 Å². The van der Waals surface area contributed by atoms with Crippen LogP contribution in [-0.4, -0.2) is 48.7 Å². The number of nitrogens with one attached hydrogen (secondary N) is 1. The Morgan fingerprint density at radius 1 is 1.05 bits per heavy atom. The molecule has 0 saturated carbocycles. The summed E-state index contributed by atoms with van der Waals surface area (Å²) in [6.45, 7) is 7.17. The Hall–Kier alpha value is -2.54. The Morgan fingerprint density at radius 3 is 2.73 bits per heavy atom. The van der Waals surface area contributed by atoms with Crippen LogP contribution in [0.3, 0.4) is 0 Å². The van der Waals surface area contributed by atoms with E-state index in [1.165, 1.54) is 45.2 Å². The third-order valence-electron chi connectivity index (χ3n) is 9.03. The SMILES string of the molecule is CC1(C)CCc2c(cc(OCC(=O)NC[C@H]3CCCN4CCCC[C@@H]34)c3c4c(c(=O)oc23)CCCC4)O1. The first kappa shape index (κ1) is 24.8. The molecule has 2 atom stereocenters. The fourth-order valence-electron chi connectivity index (χ4n) is 7.08. The van der Waals surface area contributed by atoms with Crippen molar-refractivity contribution in [3.8, 4) is 11.5 Å². The van der Waals surface area contributed by atoms with E-state index in [-0.39, 0.29) is 23.7 Å². The number of fused-ring (bicyclic) bond motifs is 6. The van der Waals surface area contributed by atoms with Crippen molar-refractivity contribution in [1.82, 2.24) is 10.2 Å². The second-order valence-electron chi connectivity index (χ2n) is 12.1. The van der Waals surface area contributed by atoms with Crippen LogP contribution in [0.4, 0.5) is 0 Å². The van der Waals surface area contributed by atoms with Crippen LogP contribution < -0.4 is 20.4 Å². The molecule has 1 amide bonds. The van der Waals surface area contributed by atoms with E-state index in [0.717, 1.165) is 60.6 Å². The number of ether oxygens (including phenoxy) is 2. The fraction of sp³-hybridized carbons (Fsp3) is 0.667. The van der Waals surface area contributed by atoms with Crippen LogP contribution in [0.25, 0.3) is 11.0 Å². The molecule has 4 heterocycles. The molecule has 1 aliphatic carbocycles. The average molecular weight is 509 g/mol. The maximum atomic E-state index is 12.9. The van der Waals surface area contributed by atoms with Crippen molar-refractivity contribution in [2.24, 2.45) is 5.92 Å². The van der Waals surface area contributed by atoms with Crippen LogP contribution in [0.15, 0.2) is 15.3 Å². The van der Waals surface area contributed by atoms with Crippen molar-refractivity contribution in [3.63, 3.8) is 0 Å². The number of carbonyl (C=O) groups is 1. The summed E-state index contributed by atoms with van der Waals surface area (Å²) in [7, 11) is 0. The number of hydrogen-bond donors (Lipinski definition) is 1. The minimum Gasteiger partial charge on any atom is -0.487 e. The van der Waals surface area contributed by atoms with Crippen LogP contribution >= 0.6 is 0 Å². The molecule has 0 spiro atoms. The summed E-state index contributed by atoms with van der Waals surface area (Å²) in [6.07, 6.45) is 11.4. The maximum absolute atomic E-state index is 12.9. The van der Waals surface area contributed by atoms with Crippen molar-refractivity contribution in [2.45, 2.75) is 96.1 Å². The molecule has 200 valence electrons. The van der Waals surface area contributed by atoms with Crippen LogP contribution in [0, 0.1) is 5.92 Å². The number of piperidine rings is 2. The molecule has 2 aromatic rings. The largest absolute Gasteiger partial charge is 0.487 e. The number of rotatable bonds is 5. The minimum atomic E-state index is -0.309. The van der Waals surface area contributed by atoms with E-state index in [9.17, 15) is 9.59 Å². The van der Waals surface area contributed by atoms with Gasteiger partial charge in [0.25, 0.3) is 5.91 Å². The van der Waals surface area contributed by atoms with Gasteiger partial charge in [0, 0.05) is 29.8 Å². The van der Waals surface area contributed by atoms with E-state index in [2.05, 4.69) is 24.1 Å². The van der Waals surface area contributed by atoms with Gasteiger partial charge in [-0.2, -0.15) is 0 Å². The molecule has 7 heteroatoms. The van der Waals surface area contributed by atoms with Gasteiger partial charge in [0.15, 0.2) is 6.61 Å². The standard InChI is InChI=1S/C30H40N2O5/c1-30(2)13-12-22-24(37-30)16-25(27-20-9-3-4-10-21(20)29(34)36-28(22)27)35-18-26(33)31-17-19-8-7-15-32-14-6-5-11-23(19)32/h16,19,23H,3-15,17-18H2,1-2H3,(H,31,33)/t19-,23+/m1/s1. The Bertz CT molecular complexity index is 1250. The lowest BCUT2D eigenvalue weighted by molar-refractivity contribution is -0.123. The number of nitrogens with zero attached hydrogens (tertiary/aromatic N) is 1. The molecule has 7 nitrogen and oxygen atoms in total. The number of aryl methyl sites for hydroxylation is 2. The highest BCUT2D eigenvalue weighted by atomic mass is 16.5. The third-order valence-corrected chi connectivity index (χ3v) is 9.03. The molecule has 2 saturated heterocycles. The van der Waals surface area contributed by atoms with Gasteiger partial charge in [0.1, 0.15) is 22.7 Å². The zero-order chi connectivity index (χ0) is 25.6. The predicted octanol–water partition coefficient (Wildman–Crippen LogP) is 4.53. The van der Waals surface area contributed by atoms with Crippen LogP contribution in [-0.2, 0) is 24.1 Å². The smallest absolute Gasteiger partial charge is 0.339 e. The highest BCUT2D eigenvalue weighted by Crippen LogP contribution is 2.44. The lowest BCUT2D eigenvalue weighted by Gasteiger charge is -2.44. The minimum absolute atomic E-state index is 0.0632. The van der Waals surface area contributed by atoms with Crippen LogP contribution in [0.1, 0.15) is 81.9 Å². The van der Waals surface area contributed by atoms with Crippen molar-refractivity contribution < 1.29 is 18.7 Å². The number of hydrogen-bond acceptors (Lipinski definition) is 6. The van der Waals surface area contributed by atoms with E-state index in [1.54, 1.807) is 0 Å². The summed E-state index contributed by atoms with van der Waals surface area (Å²) in [5.74, 6) is 1.68. The lowest BCUT2D eigenvalue weighted by atomic mass is 9.83. The summed E-state index contributed by atoms with van der Waals surface area (Å²) >= 11 is 0. The van der Waals surface area contributed by atoms with Gasteiger partial charge in [-0.25, -0.2) is 4.79 Å². The van der Waals surface area contributed by atoms with E-state index >= 15 is 0 Å². The monoisotopic (exact) mass is 508 g/mol. The molecule has 0 bridgehead atoms. The zero-order valence-electron chi connectivity index (χ0n) is 22.3. The van der Waals surface area contributed by atoms with Gasteiger partial charge in [-0.05, 0) is 103 Å². The summed E-state index contributed by atoms with van der Waals surface area (Å²) in [5, 5.41) is 4.01. The van der Waals surface area contributed by atoms with Crippen molar-refractivity contribution >= 4 is 16.9 Å². The molecule has 3 aliphatic heterocycles. The molecule has 1 aromatic carbocycles. The molecule has 37 heavy (non-hydrogen) atoms. The van der Waals surface area contributed by atoms with Crippen molar-refractivity contribution in [3.05, 3.63) is 33.2 Å². The Morgan fingerprint density at radius 2 is 1.86 bits per heavy atom. The molecule has 1 N–H and O–H groups in total. The first-order chi connectivity index (χ1) is 17.9.